The van der Waals surface area contributed by atoms with Crippen LogP contribution in [0.3, 0.4) is 0 Å². The standard InChI is InChI=1S/C11H13BrO3/c1-11(14,7-10(13)15-2)8-4-3-5-9(12)6-8/h3-6,14H,7H2,1-2H3. The summed E-state index contributed by atoms with van der Waals surface area (Å²) in [5.74, 6) is -0.431. The van der Waals surface area contributed by atoms with E-state index in [0.29, 0.717) is 5.56 Å². The van der Waals surface area contributed by atoms with Gasteiger partial charge >= 0.3 is 5.97 Å². The molecule has 0 aliphatic carbocycles. The molecule has 0 saturated carbocycles. The molecule has 1 aromatic carbocycles. The van der Waals surface area contributed by atoms with Gasteiger partial charge in [-0.3, -0.25) is 4.79 Å². The highest BCUT2D eigenvalue weighted by molar-refractivity contribution is 9.10. The number of rotatable bonds is 3. The molecule has 3 nitrogen and oxygen atoms in total. The summed E-state index contributed by atoms with van der Waals surface area (Å²) in [5.41, 5.74) is -0.515. The zero-order chi connectivity index (χ0) is 11.5. The van der Waals surface area contributed by atoms with Crippen LogP contribution in [0.2, 0.25) is 0 Å². The number of esters is 1. The lowest BCUT2D eigenvalue weighted by Gasteiger charge is -2.22. The second-order valence-electron chi connectivity index (χ2n) is 3.54. The van der Waals surface area contributed by atoms with E-state index in [1.807, 2.05) is 12.1 Å². The summed E-state index contributed by atoms with van der Waals surface area (Å²) in [6, 6.07) is 7.22. The van der Waals surface area contributed by atoms with Crippen LogP contribution in [0.15, 0.2) is 28.7 Å². The molecular weight excluding hydrogens is 260 g/mol. The molecule has 0 radical (unpaired) electrons. The number of methoxy groups -OCH3 is 1. The SMILES string of the molecule is COC(=O)CC(C)(O)c1cccc(Br)c1. The van der Waals surface area contributed by atoms with E-state index in [2.05, 4.69) is 20.7 Å². The Hall–Kier alpha value is -0.870. The molecule has 1 rings (SSSR count). The fraction of sp³-hybridized carbons (Fsp3) is 0.364. The predicted molar refractivity (Wildman–Crippen MR) is 60.3 cm³/mol. The summed E-state index contributed by atoms with van der Waals surface area (Å²) in [6.07, 6.45) is -0.0556. The first-order valence-electron chi connectivity index (χ1n) is 4.51. The van der Waals surface area contributed by atoms with Crippen molar-refractivity contribution >= 4 is 21.9 Å². The molecule has 0 heterocycles. The number of ether oxygens (including phenoxy) is 1. The first-order chi connectivity index (χ1) is 6.95. The van der Waals surface area contributed by atoms with E-state index in [-0.39, 0.29) is 6.42 Å². The number of hydrogen-bond acceptors (Lipinski definition) is 3. The van der Waals surface area contributed by atoms with Crippen LogP contribution in [-0.2, 0) is 15.1 Å². The van der Waals surface area contributed by atoms with Crippen molar-refractivity contribution in [2.24, 2.45) is 0 Å². The van der Waals surface area contributed by atoms with Crippen molar-refractivity contribution in [2.75, 3.05) is 7.11 Å². The van der Waals surface area contributed by atoms with Crippen LogP contribution in [0, 0.1) is 0 Å². The second kappa shape index (κ2) is 4.77. The number of benzene rings is 1. The highest BCUT2D eigenvalue weighted by Crippen LogP contribution is 2.26. The second-order valence-corrected chi connectivity index (χ2v) is 4.45. The van der Waals surface area contributed by atoms with Gasteiger partial charge in [0.15, 0.2) is 0 Å². The largest absolute Gasteiger partial charge is 0.469 e. The van der Waals surface area contributed by atoms with E-state index in [1.165, 1.54) is 7.11 Å². The molecule has 1 atom stereocenters. The summed E-state index contributed by atoms with van der Waals surface area (Å²) < 4.78 is 5.39. The Labute approximate surface area is 97.2 Å². The van der Waals surface area contributed by atoms with Crippen LogP contribution in [0.5, 0.6) is 0 Å². The molecule has 1 aromatic rings. The lowest BCUT2D eigenvalue weighted by molar-refractivity contribution is -0.145. The first kappa shape index (κ1) is 12.2. The minimum Gasteiger partial charge on any atom is -0.469 e. The summed E-state index contributed by atoms with van der Waals surface area (Å²) >= 11 is 3.31. The molecule has 0 saturated heterocycles. The van der Waals surface area contributed by atoms with Crippen LogP contribution >= 0.6 is 15.9 Å². The van der Waals surface area contributed by atoms with Crippen molar-refractivity contribution in [3.05, 3.63) is 34.3 Å². The Morgan fingerprint density at radius 1 is 1.60 bits per heavy atom. The molecule has 0 amide bonds. The zero-order valence-electron chi connectivity index (χ0n) is 8.66. The Morgan fingerprint density at radius 3 is 2.80 bits per heavy atom. The van der Waals surface area contributed by atoms with Gasteiger partial charge in [-0.15, -0.1) is 0 Å². The fourth-order valence-electron chi connectivity index (χ4n) is 1.28. The van der Waals surface area contributed by atoms with Gasteiger partial charge in [-0.25, -0.2) is 0 Å². The van der Waals surface area contributed by atoms with Gasteiger partial charge in [-0.05, 0) is 24.6 Å². The van der Waals surface area contributed by atoms with Gasteiger partial charge in [0.1, 0.15) is 0 Å². The first-order valence-corrected chi connectivity index (χ1v) is 5.30. The molecule has 82 valence electrons. The third-order valence-corrected chi connectivity index (χ3v) is 2.66. The summed E-state index contributed by atoms with van der Waals surface area (Å²) in [4.78, 5) is 11.1. The maximum absolute atomic E-state index is 11.1. The van der Waals surface area contributed by atoms with Crippen molar-refractivity contribution in [3.63, 3.8) is 0 Å². The Morgan fingerprint density at radius 2 is 2.27 bits per heavy atom. The van der Waals surface area contributed by atoms with Gasteiger partial charge in [0.25, 0.3) is 0 Å². The van der Waals surface area contributed by atoms with E-state index in [1.54, 1.807) is 19.1 Å². The van der Waals surface area contributed by atoms with E-state index in [9.17, 15) is 9.90 Å². The van der Waals surface area contributed by atoms with Gasteiger partial charge in [-0.2, -0.15) is 0 Å². The van der Waals surface area contributed by atoms with E-state index < -0.39 is 11.6 Å². The van der Waals surface area contributed by atoms with E-state index in [0.717, 1.165) is 4.47 Å². The summed E-state index contributed by atoms with van der Waals surface area (Å²) in [6.45, 7) is 1.59. The molecule has 0 fully saturated rings. The van der Waals surface area contributed by atoms with Crippen LogP contribution < -0.4 is 0 Å². The lowest BCUT2D eigenvalue weighted by atomic mass is 9.93. The monoisotopic (exact) mass is 272 g/mol. The van der Waals surface area contributed by atoms with Gasteiger partial charge in [0.2, 0.25) is 0 Å². The third-order valence-electron chi connectivity index (χ3n) is 2.16. The smallest absolute Gasteiger partial charge is 0.308 e. The Kier molecular flexibility index (Phi) is 3.88. The van der Waals surface area contributed by atoms with Crippen LogP contribution in [-0.4, -0.2) is 18.2 Å². The van der Waals surface area contributed by atoms with E-state index >= 15 is 0 Å². The molecule has 15 heavy (non-hydrogen) atoms. The normalized spacial score (nSPS) is 14.4. The number of hydrogen-bond donors (Lipinski definition) is 1. The number of aliphatic hydroxyl groups is 1. The number of carbonyl (C=O) groups excluding carboxylic acids is 1. The number of carbonyl (C=O) groups is 1. The Bertz CT molecular complexity index is 361. The molecule has 0 aliphatic rings. The van der Waals surface area contributed by atoms with Crippen molar-refractivity contribution in [1.29, 1.82) is 0 Å². The molecule has 1 N–H and O–H groups in total. The molecule has 1 unspecified atom stereocenters. The molecule has 0 spiro atoms. The highest BCUT2D eigenvalue weighted by atomic mass is 79.9. The molecular formula is C11H13BrO3. The minimum atomic E-state index is -1.20. The molecule has 0 aromatic heterocycles. The maximum atomic E-state index is 11.1. The topological polar surface area (TPSA) is 46.5 Å². The highest BCUT2D eigenvalue weighted by Gasteiger charge is 2.27. The fourth-order valence-corrected chi connectivity index (χ4v) is 1.68. The average molecular weight is 273 g/mol. The van der Waals surface area contributed by atoms with E-state index in [4.69, 9.17) is 0 Å². The van der Waals surface area contributed by atoms with Gasteiger partial charge in [-0.1, -0.05) is 28.1 Å². The predicted octanol–water partition coefficient (Wildman–Crippen LogP) is 2.22. The minimum absolute atomic E-state index is 0.0556. The van der Waals surface area contributed by atoms with Gasteiger partial charge in [0.05, 0.1) is 19.1 Å². The molecule has 0 aliphatic heterocycles. The van der Waals surface area contributed by atoms with Crippen molar-refractivity contribution < 1.29 is 14.6 Å². The van der Waals surface area contributed by atoms with Crippen molar-refractivity contribution in [2.45, 2.75) is 18.9 Å². The third kappa shape index (κ3) is 3.32. The average Bonchev–Trinajstić information content (AvgIpc) is 2.17. The van der Waals surface area contributed by atoms with Crippen molar-refractivity contribution in [1.82, 2.24) is 0 Å². The van der Waals surface area contributed by atoms with Gasteiger partial charge < -0.3 is 9.84 Å². The summed E-state index contributed by atoms with van der Waals surface area (Å²) in [5, 5.41) is 10.1. The molecule has 0 bridgehead atoms. The quantitative estimate of drug-likeness (QED) is 0.859. The number of halogens is 1. The lowest BCUT2D eigenvalue weighted by Crippen LogP contribution is -2.25. The maximum Gasteiger partial charge on any atom is 0.308 e. The van der Waals surface area contributed by atoms with Crippen LogP contribution in [0.1, 0.15) is 18.9 Å². The molecule has 4 heteroatoms. The zero-order valence-corrected chi connectivity index (χ0v) is 10.2. The van der Waals surface area contributed by atoms with Crippen molar-refractivity contribution in [3.8, 4) is 0 Å². The van der Waals surface area contributed by atoms with Gasteiger partial charge in [0, 0.05) is 4.47 Å². The van der Waals surface area contributed by atoms with Crippen LogP contribution in [0.4, 0.5) is 0 Å². The Balaban J connectivity index is 2.90. The van der Waals surface area contributed by atoms with Crippen LogP contribution in [0.25, 0.3) is 0 Å². The summed E-state index contributed by atoms with van der Waals surface area (Å²) in [7, 11) is 1.30.